The minimum atomic E-state index is -0.799. The number of amides is 1. The predicted octanol–water partition coefficient (Wildman–Crippen LogP) is 6.41. The number of nitrogens with two attached hydrogens (primary N) is 1. The molecule has 0 spiro atoms. The van der Waals surface area contributed by atoms with Gasteiger partial charge in [0.25, 0.3) is 5.56 Å². The van der Waals surface area contributed by atoms with Crippen LogP contribution in [0, 0.1) is 11.8 Å². The zero-order chi connectivity index (χ0) is 30.5. The molecule has 8 nitrogen and oxygen atoms in total. The number of alkyl carbamates (subject to hydrolysis) is 1. The van der Waals surface area contributed by atoms with E-state index in [0.29, 0.717) is 37.0 Å². The molecule has 0 fully saturated rings. The van der Waals surface area contributed by atoms with Gasteiger partial charge in [0.1, 0.15) is 5.60 Å². The maximum atomic E-state index is 14.0. The fourth-order valence-electron chi connectivity index (χ4n) is 4.95. The van der Waals surface area contributed by atoms with Gasteiger partial charge in [0.05, 0.1) is 12.5 Å². The summed E-state index contributed by atoms with van der Waals surface area (Å²) in [5.41, 5.74) is 9.59. The zero-order valence-electron chi connectivity index (χ0n) is 25.4. The summed E-state index contributed by atoms with van der Waals surface area (Å²) in [6, 6.07) is 13.9. The van der Waals surface area contributed by atoms with Crippen LogP contribution in [0.3, 0.4) is 0 Å². The summed E-state index contributed by atoms with van der Waals surface area (Å²) in [7, 11) is 0. The van der Waals surface area contributed by atoms with Crippen LogP contribution in [-0.4, -0.2) is 27.3 Å². The second-order valence-electron chi connectivity index (χ2n) is 12.4. The van der Waals surface area contributed by atoms with Crippen molar-refractivity contribution in [2.75, 3.05) is 0 Å². The monoisotopic (exact) mass is 563 g/mol. The third kappa shape index (κ3) is 8.19. The van der Waals surface area contributed by atoms with Crippen molar-refractivity contribution in [2.45, 2.75) is 92.5 Å². The Kier molecular flexibility index (Phi) is 10.4. The molecule has 222 valence electrons. The van der Waals surface area contributed by atoms with Crippen LogP contribution in [-0.2, 0) is 29.2 Å². The average molecular weight is 564 g/mol. The molecule has 0 saturated carbocycles. The van der Waals surface area contributed by atoms with Crippen molar-refractivity contribution >= 4 is 22.8 Å². The summed E-state index contributed by atoms with van der Waals surface area (Å²) in [6.07, 6.45) is 0.709. The summed E-state index contributed by atoms with van der Waals surface area (Å²) in [5, 5.41) is 13.6. The summed E-state index contributed by atoms with van der Waals surface area (Å²) >= 11 is 0. The van der Waals surface area contributed by atoms with E-state index in [9.17, 15) is 19.5 Å². The van der Waals surface area contributed by atoms with E-state index < -0.39 is 23.6 Å². The molecule has 1 aromatic heterocycles. The molecule has 2 aromatic carbocycles. The number of aliphatic carboxylic acids is 1. The molecule has 2 atom stereocenters. The molecule has 0 saturated heterocycles. The summed E-state index contributed by atoms with van der Waals surface area (Å²) in [6.45, 7) is 14.3. The fourth-order valence-corrected chi connectivity index (χ4v) is 4.95. The number of carbonyl (C=O) groups is 2. The SMILES string of the molecule is CC(C)Cn1c(CNC(=O)OC(C)(C)C)c(-c2ccc(CN)cc2)c2cc(C(C)CCC(C)C(=O)O)ccc2c1=O. The van der Waals surface area contributed by atoms with Crippen LogP contribution in [0.2, 0.25) is 0 Å². The Hall–Kier alpha value is -3.65. The molecular weight excluding hydrogens is 518 g/mol. The summed E-state index contributed by atoms with van der Waals surface area (Å²) in [5.74, 6) is -0.946. The number of carboxylic acid groups (broad SMARTS) is 1. The van der Waals surface area contributed by atoms with Gasteiger partial charge in [-0.25, -0.2) is 4.79 Å². The van der Waals surface area contributed by atoms with E-state index in [2.05, 4.69) is 32.2 Å². The topological polar surface area (TPSA) is 124 Å². The van der Waals surface area contributed by atoms with Crippen molar-refractivity contribution in [2.24, 2.45) is 17.6 Å². The first-order chi connectivity index (χ1) is 19.2. The number of fused-ring (bicyclic) bond motifs is 1. The zero-order valence-corrected chi connectivity index (χ0v) is 25.4. The Bertz CT molecular complexity index is 1430. The van der Waals surface area contributed by atoms with E-state index in [0.717, 1.165) is 27.6 Å². The molecule has 41 heavy (non-hydrogen) atoms. The Balaban J connectivity index is 2.24. The predicted molar refractivity (Wildman–Crippen MR) is 164 cm³/mol. The number of hydrogen-bond donors (Lipinski definition) is 3. The number of ether oxygens (including phenoxy) is 1. The normalized spacial score (nSPS) is 13.3. The molecule has 0 bridgehead atoms. The Labute approximate surface area is 242 Å². The first-order valence-electron chi connectivity index (χ1n) is 14.4. The van der Waals surface area contributed by atoms with Gasteiger partial charge in [0.2, 0.25) is 0 Å². The first-order valence-corrected chi connectivity index (χ1v) is 14.4. The lowest BCUT2D eigenvalue weighted by Crippen LogP contribution is -2.35. The van der Waals surface area contributed by atoms with Crippen molar-refractivity contribution in [3.8, 4) is 11.1 Å². The first kappa shape index (κ1) is 31.9. The highest BCUT2D eigenvalue weighted by molar-refractivity contribution is 5.98. The maximum absolute atomic E-state index is 14.0. The quantitative estimate of drug-likeness (QED) is 0.248. The molecule has 1 amide bonds. The highest BCUT2D eigenvalue weighted by atomic mass is 16.6. The number of benzene rings is 2. The van der Waals surface area contributed by atoms with Gasteiger partial charge in [-0.15, -0.1) is 0 Å². The molecule has 1 heterocycles. The van der Waals surface area contributed by atoms with E-state index in [1.54, 1.807) is 11.5 Å². The van der Waals surface area contributed by atoms with Crippen LogP contribution in [0.4, 0.5) is 4.79 Å². The standard InChI is InChI=1S/C33H45N3O5/c1-20(2)19-36-28(18-35-32(40)41-33(5,6)7)29(24-12-10-23(17-34)11-13-24)27-16-25(14-15-26(27)30(36)37)21(3)8-9-22(4)31(38)39/h10-16,20-22H,8-9,17-19,34H2,1-7H3,(H,35,40)(H,38,39). The van der Waals surface area contributed by atoms with E-state index in [4.69, 9.17) is 10.5 Å². The third-order valence-corrected chi connectivity index (χ3v) is 7.25. The number of nitrogens with zero attached hydrogens (tertiary/aromatic N) is 1. The molecule has 0 aliphatic heterocycles. The molecule has 0 aliphatic rings. The van der Waals surface area contributed by atoms with Crippen LogP contribution < -0.4 is 16.6 Å². The molecule has 4 N–H and O–H groups in total. The lowest BCUT2D eigenvalue weighted by molar-refractivity contribution is -0.141. The van der Waals surface area contributed by atoms with Crippen molar-refractivity contribution in [3.05, 3.63) is 69.6 Å². The average Bonchev–Trinajstić information content (AvgIpc) is 2.90. The largest absolute Gasteiger partial charge is 0.481 e. The number of nitrogens with one attached hydrogen (secondary N) is 1. The van der Waals surface area contributed by atoms with Crippen molar-refractivity contribution in [3.63, 3.8) is 0 Å². The van der Waals surface area contributed by atoms with Crippen molar-refractivity contribution < 1.29 is 19.4 Å². The van der Waals surface area contributed by atoms with Crippen molar-refractivity contribution in [1.29, 1.82) is 0 Å². The minimum absolute atomic E-state index is 0.0927. The molecule has 3 aromatic rings. The van der Waals surface area contributed by atoms with Gasteiger partial charge < -0.3 is 25.5 Å². The van der Waals surface area contributed by atoms with E-state index >= 15 is 0 Å². The van der Waals surface area contributed by atoms with Gasteiger partial charge >= 0.3 is 12.1 Å². The van der Waals surface area contributed by atoms with Crippen LogP contribution in [0.5, 0.6) is 0 Å². The molecule has 8 heteroatoms. The number of carboxylic acids is 1. The van der Waals surface area contributed by atoms with Gasteiger partial charge in [-0.3, -0.25) is 9.59 Å². The van der Waals surface area contributed by atoms with E-state index in [-0.39, 0.29) is 23.9 Å². The lowest BCUT2D eigenvalue weighted by Gasteiger charge is -2.24. The van der Waals surface area contributed by atoms with Gasteiger partial charge in [-0.05, 0) is 79.7 Å². The van der Waals surface area contributed by atoms with Gasteiger partial charge in [0, 0.05) is 29.7 Å². The highest BCUT2D eigenvalue weighted by Crippen LogP contribution is 2.34. The molecule has 0 aliphatic carbocycles. The van der Waals surface area contributed by atoms with E-state index in [1.165, 1.54) is 0 Å². The Morgan fingerprint density at radius 1 is 1.00 bits per heavy atom. The van der Waals surface area contributed by atoms with Crippen molar-refractivity contribution in [1.82, 2.24) is 9.88 Å². The number of aromatic nitrogens is 1. The molecule has 0 radical (unpaired) electrons. The smallest absolute Gasteiger partial charge is 0.407 e. The summed E-state index contributed by atoms with van der Waals surface area (Å²) in [4.78, 5) is 38.0. The van der Waals surface area contributed by atoms with Crippen LogP contribution in [0.25, 0.3) is 21.9 Å². The third-order valence-electron chi connectivity index (χ3n) is 7.25. The second-order valence-corrected chi connectivity index (χ2v) is 12.4. The number of hydrogen-bond acceptors (Lipinski definition) is 5. The molecular formula is C33H45N3O5. The number of carbonyl (C=O) groups excluding carboxylic acids is 1. The van der Waals surface area contributed by atoms with Gasteiger partial charge in [0.15, 0.2) is 0 Å². The maximum Gasteiger partial charge on any atom is 0.407 e. The lowest BCUT2D eigenvalue weighted by atomic mass is 9.89. The summed E-state index contributed by atoms with van der Waals surface area (Å²) < 4.78 is 7.27. The molecule has 3 rings (SSSR count). The van der Waals surface area contributed by atoms with Crippen LogP contribution >= 0.6 is 0 Å². The number of pyridine rings is 1. The van der Waals surface area contributed by atoms with Crippen LogP contribution in [0.15, 0.2) is 47.3 Å². The number of rotatable bonds is 11. The Morgan fingerprint density at radius 2 is 1.66 bits per heavy atom. The fraction of sp³-hybridized carbons (Fsp3) is 0.485. The second kappa shape index (κ2) is 13.3. The highest BCUT2D eigenvalue weighted by Gasteiger charge is 2.23. The van der Waals surface area contributed by atoms with Crippen LogP contribution in [0.1, 0.15) is 84.0 Å². The Morgan fingerprint density at radius 3 is 2.22 bits per heavy atom. The van der Waals surface area contributed by atoms with Gasteiger partial charge in [-0.2, -0.15) is 0 Å². The molecule has 2 unspecified atom stereocenters. The minimum Gasteiger partial charge on any atom is -0.481 e. The van der Waals surface area contributed by atoms with E-state index in [1.807, 2.05) is 57.2 Å². The van der Waals surface area contributed by atoms with Gasteiger partial charge in [-0.1, -0.05) is 58.0 Å².